The van der Waals surface area contributed by atoms with Gasteiger partial charge in [-0.2, -0.15) is 0 Å². The average Bonchev–Trinajstić information content (AvgIpc) is 2.77. The highest BCUT2D eigenvalue weighted by Crippen LogP contribution is 2.29. The van der Waals surface area contributed by atoms with Crippen molar-refractivity contribution < 1.29 is 13.9 Å². The van der Waals surface area contributed by atoms with Gasteiger partial charge in [0, 0.05) is 26.1 Å². The molecule has 1 heterocycles. The number of anilines is 1. The van der Waals surface area contributed by atoms with Crippen LogP contribution in [0.3, 0.4) is 0 Å². The lowest BCUT2D eigenvalue weighted by molar-refractivity contribution is 0.101. The van der Waals surface area contributed by atoms with E-state index < -0.39 is 5.82 Å². The summed E-state index contributed by atoms with van der Waals surface area (Å²) in [7, 11) is 1.69. The van der Waals surface area contributed by atoms with E-state index in [0.29, 0.717) is 18.2 Å². The monoisotopic (exact) mass is 251 g/mol. The number of nitrogens with zero attached hydrogens (tertiary/aromatic N) is 1. The third-order valence-electron chi connectivity index (χ3n) is 3.37. The Kier molecular flexibility index (Phi) is 3.97. The van der Waals surface area contributed by atoms with Crippen molar-refractivity contribution in [1.82, 2.24) is 0 Å². The number of benzene rings is 1. The second kappa shape index (κ2) is 5.48. The molecule has 0 bridgehead atoms. The fourth-order valence-corrected chi connectivity index (χ4v) is 2.55. The van der Waals surface area contributed by atoms with Crippen LogP contribution in [0.25, 0.3) is 0 Å². The Morgan fingerprint density at radius 2 is 2.33 bits per heavy atom. The molecule has 1 aliphatic rings. The van der Waals surface area contributed by atoms with E-state index in [1.807, 2.05) is 6.07 Å². The summed E-state index contributed by atoms with van der Waals surface area (Å²) in [6.45, 7) is 3.78. The Morgan fingerprint density at radius 3 is 3.00 bits per heavy atom. The molecule has 0 saturated carbocycles. The van der Waals surface area contributed by atoms with E-state index in [4.69, 9.17) is 4.74 Å². The number of ketones is 1. The summed E-state index contributed by atoms with van der Waals surface area (Å²) in [5.41, 5.74) is 0.914. The summed E-state index contributed by atoms with van der Waals surface area (Å²) < 4.78 is 18.9. The van der Waals surface area contributed by atoms with Gasteiger partial charge in [0.2, 0.25) is 0 Å². The largest absolute Gasteiger partial charge is 0.384 e. The standard InChI is InChI=1S/C14H18FNO2/c1-10(17)14-12(15)4-3-5-13(14)16-7-6-11(8-16)9-18-2/h3-5,11H,6-9H2,1-2H3. The first-order valence-electron chi connectivity index (χ1n) is 6.16. The van der Waals surface area contributed by atoms with Crippen molar-refractivity contribution in [3.8, 4) is 0 Å². The van der Waals surface area contributed by atoms with Crippen molar-refractivity contribution in [3.63, 3.8) is 0 Å². The number of carbonyl (C=O) groups is 1. The van der Waals surface area contributed by atoms with Crippen LogP contribution in [-0.2, 0) is 4.74 Å². The van der Waals surface area contributed by atoms with Crippen molar-refractivity contribution >= 4 is 11.5 Å². The highest BCUT2D eigenvalue weighted by atomic mass is 19.1. The average molecular weight is 251 g/mol. The van der Waals surface area contributed by atoms with Gasteiger partial charge in [-0.05, 0) is 25.5 Å². The zero-order valence-electron chi connectivity index (χ0n) is 10.8. The number of carbonyl (C=O) groups excluding carboxylic acids is 1. The van der Waals surface area contributed by atoms with Gasteiger partial charge in [0.1, 0.15) is 5.82 Å². The number of halogens is 1. The molecule has 4 heteroatoms. The van der Waals surface area contributed by atoms with Gasteiger partial charge in [-0.3, -0.25) is 4.79 Å². The molecule has 3 nitrogen and oxygen atoms in total. The maximum Gasteiger partial charge on any atom is 0.164 e. The zero-order chi connectivity index (χ0) is 13.1. The lowest BCUT2D eigenvalue weighted by atomic mass is 10.1. The van der Waals surface area contributed by atoms with Gasteiger partial charge < -0.3 is 9.64 Å². The molecule has 1 saturated heterocycles. The van der Waals surface area contributed by atoms with E-state index >= 15 is 0 Å². The third kappa shape index (κ3) is 2.53. The van der Waals surface area contributed by atoms with Crippen molar-refractivity contribution in [2.75, 3.05) is 31.7 Å². The van der Waals surface area contributed by atoms with Crippen LogP contribution in [0.15, 0.2) is 18.2 Å². The Morgan fingerprint density at radius 1 is 1.56 bits per heavy atom. The Labute approximate surface area is 107 Å². The fraction of sp³-hybridized carbons (Fsp3) is 0.500. The summed E-state index contributed by atoms with van der Waals surface area (Å²) in [5, 5.41) is 0. The molecule has 1 atom stereocenters. The second-order valence-electron chi connectivity index (χ2n) is 4.75. The molecule has 18 heavy (non-hydrogen) atoms. The first-order chi connectivity index (χ1) is 8.63. The summed E-state index contributed by atoms with van der Waals surface area (Å²) in [5.74, 6) is -0.202. The van der Waals surface area contributed by atoms with Crippen LogP contribution in [-0.4, -0.2) is 32.6 Å². The van der Waals surface area contributed by atoms with Crippen LogP contribution < -0.4 is 4.90 Å². The molecule has 0 spiro atoms. The smallest absolute Gasteiger partial charge is 0.164 e. The summed E-state index contributed by atoms with van der Waals surface area (Å²) in [4.78, 5) is 13.6. The van der Waals surface area contributed by atoms with Crippen LogP contribution in [0.1, 0.15) is 23.7 Å². The van der Waals surface area contributed by atoms with Crippen LogP contribution in [0, 0.1) is 11.7 Å². The maximum absolute atomic E-state index is 13.7. The SMILES string of the molecule is COCC1CCN(c2cccc(F)c2C(C)=O)C1. The first-order valence-corrected chi connectivity index (χ1v) is 6.16. The predicted octanol–water partition coefficient (Wildman–Crippen LogP) is 2.50. The van der Waals surface area contributed by atoms with E-state index in [1.165, 1.54) is 13.0 Å². The molecule has 1 fully saturated rings. The number of ether oxygens (including phenoxy) is 1. The van der Waals surface area contributed by atoms with Gasteiger partial charge in [0.15, 0.2) is 5.78 Å². The molecule has 98 valence electrons. The van der Waals surface area contributed by atoms with Gasteiger partial charge >= 0.3 is 0 Å². The molecule has 0 radical (unpaired) electrons. The minimum absolute atomic E-state index is 0.204. The van der Waals surface area contributed by atoms with E-state index in [1.54, 1.807) is 13.2 Å². The predicted molar refractivity (Wildman–Crippen MR) is 68.6 cm³/mol. The van der Waals surface area contributed by atoms with Gasteiger partial charge in [0.25, 0.3) is 0 Å². The van der Waals surface area contributed by atoms with Crippen molar-refractivity contribution in [2.24, 2.45) is 5.92 Å². The lowest BCUT2D eigenvalue weighted by Gasteiger charge is -2.21. The van der Waals surface area contributed by atoms with E-state index in [-0.39, 0.29) is 11.3 Å². The Hall–Kier alpha value is -1.42. The van der Waals surface area contributed by atoms with E-state index in [2.05, 4.69) is 4.90 Å². The van der Waals surface area contributed by atoms with E-state index in [9.17, 15) is 9.18 Å². The zero-order valence-corrected chi connectivity index (χ0v) is 10.8. The number of methoxy groups -OCH3 is 1. The minimum Gasteiger partial charge on any atom is -0.384 e. The highest BCUT2D eigenvalue weighted by Gasteiger charge is 2.26. The van der Waals surface area contributed by atoms with Crippen LogP contribution in [0.4, 0.5) is 10.1 Å². The Balaban J connectivity index is 2.24. The van der Waals surface area contributed by atoms with Crippen LogP contribution in [0.2, 0.25) is 0 Å². The molecule has 0 N–H and O–H groups in total. The lowest BCUT2D eigenvalue weighted by Crippen LogP contribution is -2.23. The fourth-order valence-electron chi connectivity index (χ4n) is 2.55. The summed E-state index contributed by atoms with van der Waals surface area (Å²) in [6.07, 6.45) is 1.02. The normalized spacial score (nSPS) is 19.3. The molecule has 1 aromatic carbocycles. The molecule has 0 aliphatic carbocycles. The second-order valence-corrected chi connectivity index (χ2v) is 4.75. The molecule has 0 amide bonds. The van der Waals surface area contributed by atoms with Crippen molar-refractivity contribution in [2.45, 2.75) is 13.3 Å². The number of rotatable bonds is 4. The van der Waals surface area contributed by atoms with Crippen LogP contribution >= 0.6 is 0 Å². The molecule has 1 aromatic rings. The topological polar surface area (TPSA) is 29.5 Å². The number of Topliss-reactive ketones (excluding diaryl/α,β-unsaturated/α-hetero) is 1. The number of hydrogen-bond donors (Lipinski definition) is 0. The molecule has 1 aliphatic heterocycles. The first kappa shape index (κ1) is 13.0. The maximum atomic E-state index is 13.7. The molecular formula is C14H18FNO2. The van der Waals surface area contributed by atoms with Crippen LogP contribution in [0.5, 0.6) is 0 Å². The van der Waals surface area contributed by atoms with Gasteiger partial charge in [0.05, 0.1) is 17.9 Å². The summed E-state index contributed by atoms with van der Waals surface area (Å²) >= 11 is 0. The number of hydrogen-bond acceptors (Lipinski definition) is 3. The highest BCUT2D eigenvalue weighted by molar-refractivity contribution is 6.00. The van der Waals surface area contributed by atoms with Gasteiger partial charge in [-0.25, -0.2) is 4.39 Å². The Bertz CT molecular complexity index is 447. The molecule has 1 unspecified atom stereocenters. The van der Waals surface area contributed by atoms with Crippen molar-refractivity contribution in [1.29, 1.82) is 0 Å². The van der Waals surface area contributed by atoms with Crippen molar-refractivity contribution in [3.05, 3.63) is 29.6 Å². The molecular weight excluding hydrogens is 233 g/mol. The third-order valence-corrected chi connectivity index (χ3v) is 3.37. The molecule has 0 aromatic heterocycles. The summed E-state index contributed by atoms with van der Waals surface area (Å²) in [6, 6.07) is 4.80. The molecule has 2 rings (SSSR count). The van der Waals surface area contributed by atoms with Gasteiger partial charge in [-0.15, -0.1) is 0 Å². The van der Waals surface area contributed by atoms with Gasteiger partial charge in [-0.1, -0.05) is 6.07 Å². The quantitative estimate of drug-likeness (QED) is 0.770. The minimum atomic E-state index is -0.435. The van der Waals surface area contributed by atoms with E-state index in [0.717, 1.165) is 19.5 Å².